The molecule has 0 aromatic heterocycles. The van der Waals surface area contributed by atoms with Crippen LogP contribution in [0, 0.1) is 6.92 Å². The van der Waals surface area contributed by atoms with E-state index in [2.05, 4.69) is 10.2 Å². The number of benzene rings is 2. The third-order valence-corrected chi connectivity index (χ3v) is 5.29. The summed E-state index contributed by atoms with van der Waals surface area (Å²) in [7, 11) is 3.52. The molecule has 0 bridgehead atoms. The first-order valence-electron chi connectivity index (χ1n) is 9.75. The molecule has 1 aliphatic rings. The molecule has 0 atom stereocenters. The number of rotatable bonds is 5. The number of carbonyl (C=O) groups is 1. The van der Waals surface area contributed by atoms with Crippen LogP contribution in [0.2, 0.25) is 0 Å². The molecule has 0 saturated carbocycles. The maximum atomic E-state index is 13.7. The van der Waals surface area contributed by atoms with Gasteiger partial charge in [0.1, 0.15) is 5.75 Å². The van der Waals surface area contributed by atoms with Gasteiger partial charge in [0.25, 0.3) is 0 Å². The number of amides is 1. The zero-order valence-electron chi connectivity index (χ0n) is 17.3. The SMILES string of the molecule is COc1cc(CC(=O)Nc2ccc(N3CCN(C)CC3)cc2C(F)(F)F)ccc1C. The summed E-state index contributed by atoms with van der Waals surface area (Å²) < 4.78 is 46.3. The van der Waals surface area contributed by atoms with Crippen LogP contribution in [0.25, 0.3) is 0 Å². The van der Waals surface area contributed by atoms with Gasteiger partial charge >= 0.3 is 6.18 Å². The molecule has 2 aromatic rings. The summed E-state index contributed by atoms with van der Waals surface area (Å²) >= 11 is 0. The minimum Gasteiger partial charge on any atom is -0.496 e. The number of hydrogen-bond donors (Lipinski definition) is 1. The van der Waals surface area contributed by atoms with Crippen molar-refractivity contribution >= 4 is 17.3 Å². The van der Waals surface area contributed by atoms with E-state index in [-0.39, 0.29) is 12.1 Å². The summed E-state index contributed by atoms with van der Waals surface area (Å²) in [4.78, 5) is 16.5. The van der Waals surface area contributed by atoms with Crippen LogP contribution in [0.3, 0.4) is 0 Å². The Balaban J connectivity index is 1.78. The molecule has 1 aliphatic heterocycles. The van der Waals surface area contributed by atoms with Gasteiger partial charge in [-0.25, -0.2) is 0 Å². The fourth-order valence-corrected chi connectivity index (χ4v) is 3.49. The molecule has 0 spiro atoms. The first-order valence-corrected chi connectivity index (χ1v) is 9.75. The molecule has 1 N–H and O–H groups in total. The van der Waals surface area contributed by atoms with Gasteiger partial charge in [-0.3, -0.25) is 4.79 Å². The van der Waals surface area contributed by atoms with E-state index in [1.807, 2.05) is 24.9 Å². The Labute approximate surface area is 174 Å². The van der Waals surface area contributed by atoms with Crippen molar-refractivity contribution in [3.8, 4) is 5.75 Å². The van der Waals surface area contributed by atoms with E-state index >= 15 is 0 Å². The summed E-state index contributed by atoms with van der Waals surface area (Å²) in [6, 6.07) is 9.38. The number of aryl methyl sites for hydroxylation is 1. The number of anilines is 2. The molecule has 30 heavy (non-hydrogen) atoms. The van der Waals surface area contributed by atoms with E-state index in [1.165, 1.54) is 13.2 Å². The van der Waals surface area contributed by atoms with Crippen LogP contribution in [0.1, 0.15) is 16.7 Å². The van der Waals surface area contributed by atoms with E-state index in [1.54, 1.807) is 18.2 Å². The van der Waals surface area contributed by atoms with Crippen molar-refractivity contribution in [3.63, 3.8) is 0 Å². The minimum atomic E-state index is -4.57. The molecular formula is C22H26F3N3O2. The van der Waals surface area contributed by atoms with Crippen molar-refractivity contribution < 1.29 is 22.7 Å². The average molecular weight is 421 g/mol. The van der Waals surface area contributed by atoms with Gasteiger partial charge in [-0.2, -0.15) is 13.2 Å². The van der Waals surface area contributed by atoms with E-state index < -0.39 is 17.6 Å². The zero-order chi connectivity index (χ0) is 21.9. The highest BCUT2D eigenvalue weighted by Crippen LogP contribution is 2.37. The van der Waals surface area contributed by atoms with Crippen LogP contribution in [0.15, 0.2) is 36.4 Å². The fraction of sp³-hybridized carbons (Fsp3) is 0.409. The van der Waals surface area contributed by atoms with E-state index in [4.69, 9.17) is 4.74 Å². The number of alkyl halides is 3. The highest BCUT2D eigenvalue weighted by atomic mass is 19.4. The van der Waals surface area contributed by atoms with Crippen molar-refractivity contribution in [1.82, 2.24) is 4.90 Å². The summed E-state index contributed by atoms with van der Waals surface area (Å²) in [5.41, 5.74) is 1.02. The number of ether oxygens (including phenoxy) is 1. The van der Waals surface area contributed by atoms with Crippen LogP contribution in [-0.4, -0.2) is 51.1 Å². The van der Waals surface area contributed by atoms with Gasteiger partial charge in [0.2, 0.25) is 5.91 Å². The number of nitrogens with one attached hydrogen (secondary N) is 1. The molecule has 1 fully saturated rings. The number of nitrogens with zero attached hydrogens (tertiary/aromatic N) is 2. The molecule has 3 rings (SSSR count). The normalized spacial score (nSPS) is 15.2. The minimum absolute atomic E-state index is 0.0475. The molecule has 2 aromatic carbocycles. The summed E-state index contributed by atoms with van der Waals surface area (Å²) in [5, 5.41) is 2.43. The predicted molar refractivity (Wildman–Crippen MR) is 111 cm³/mol. The van der Waals surface area contributed by atoms with Crippen molar-refractivity contribution in [3.05, 3.63) is 53.1 Å². The first-order chi connectivity index (χ1) is 14.2. The lowest BCUT2D eigenvalue weighted by atomic mass is 10.1. The van der Waals surface area contributed by atoms with Crippen molar-refractivity contribution in [1.29, 1.82) is 0 Å². The largest absolute Gasteiger partial charge is 0.496 e. The lowest BCUT2D eigenvalue weighted by Crippen LogP contribution is -2.44. The van der Waals surface area contributed by atoms with Crippen molar-refractivity contribution in [2.75, 3.05) is 50.6 Å². The van der Waals surface area contributed by atoms with Gasteiger partial charge in [0.15, 0.2) is 0 Å². The van der Waals surface area contributed by atoms with E-state index in [9.17, 15) is 18.0 Å². The highest BCUT2D eigenvalue weighted by Gasteiger charge is 2.35. The van der Waals surface area contributed by atoms with Crippen LogP contribution in [0.4, 0.5) is 24.5 Å². The molecule has 0 radical (unpaired) electrons. The van der Waals surface area contributed by atoms with Gasteiger partial charge in [0.05, 0.1) is 24.8 Å². The quantitative estimate of drug-likeness (QED) is 0.794. The molecule has 5 nitrogen and oxygen atoms in total. The monoisotopic (exact) mass is 421 g/mol. The molecule has 1 saturated heterocycles. The topological polar surface area (TPSA) is 44.8 Å². The highest BCUT2D eigenvalue weighted by molar-refractivity contribution is 5.93. The second kappa shape index (κ2) is 8.95. The lowest BCUT2D eigenvalue weighted by molar-refractivity contribution is -0.136. The number of halogens is 3. The Morgan fingerprint density at radius 1 is 1.10 bits per heavy atom. The molecule has 0 unspecified atom stereocenters. The van der Waals surface area contributed by atoms with Gasteiger partial charge in [0, 0.05) is 31.9 Å². The predicted octanol–water partition coefficient (Wildman–Crippen LogP) is 3.96. The second-order valence-corrected chi connectivity index (χ2v) is 7.55. The maximum absolute atomic E-state index is 13.7. The Hall–Kier alpha value is -2.74. The van der Waals surface area contributed by atoms with E-state index in [0.717, 1.165) is 24.7 Å². The van der Waals surface area contributed by atoms with Crippen molar-refractivity contribution in [2.45, 2.75) is 19.5 Å². The number of carbonyl (C=O) groups excluding carboxylic acids is 1. The third-order valence-electron chi connectivity index (χ3n) is 5.29. The third kappa shape index (κ3) is 5.24. The average Bonchev–Trinajstić information content (AvgIpc) is 2.69. The van der Waals surface area contributed by atoms with Gasteiger partial charge in [-0.15, -0.1) is 0 Å². The second-order valence-electron chi connectivity index (χ2n) is 7.55. The Morgan fingerprint density at radius 3 is 2.43 bits per heavy atom. The molecule has 1 heterocycles. The van der Waals surface area contributed by atoms with E-state index in [0.29, 0.717) is 30.1 Å². The molecular weight excluding hydrogens is 395 g/mol. The molecule has 1 amide bonds. The lowest BCUT2D eigenvalue weighted by Gasteiger charge is -2.34. The fourth-order valence-electron chi connectivity index (χ4n) is 3.49. The van der Waals surface area contributed by atoms with Crippen molar-refractivity contribution in [2.24, 2.45) is 0 Å². The summed E-state index contributed by atoms with van der Waals surface area (Å²) in [5.74, 6) is 0.117. The van der Waals surface area contributed by atoms with Gasteiger partial charge in [-0.1, -0.05) is 12.1 Å². The maximum Gasteiger partial charge on any atom is 0.418 e. The summed E-state index contributed by atoms with van der Waals surface area (Å²) in [6.07, 6.45) is -4.62. The number of hydrogen-bond acceptors (Lipinski definition) is 4. The number of likely N-dealkylation sites (N-methyl/N-ethyl adjacent to an activating group) is 1. The molecule has 8 heteroatoms. The first kappa shape index (κ1) is 22.0. The van der Waals surface area contributed by atoms with Crippen LogP contribution < -0.4 is 15.0 Å². The number of methoxy groups -OCH3 is 1. The van der Waals surface area contributed by atoms with Gasteiger partial charge < -0.3 is 19.9 Å². The Kier molecular flexibility index (Phi) is 6.55. The molecule has 162 valence electrons. The van der Waals surface area contributed by atoms with Crippen LogP contribution in [-0.2, 0) is 17.4 Å². The van der Waals surface area contributed by atoms with Gasteiger partial charge in [-0.05, 0) is 49.4 Å². The zero-order valence-corrected chi connectivity index (χ0v) is 17.3. The summed E-state index contributed by atoms with van der Waals surface area (Å²) in [6.45, 7) is 4.78. The number of piperazine rings is 1. The molecule has 0 aliphatic carbocycles. The van der Waals surface area contributed by atoms with Crippen LogP contribution in [0.5, 0.6) is 5.75 Å². The van der Waals surface area contributed by atoms with Crippen LogP contribution >= 0.6 is 0 Å². The Morgan fingerprint density at radius 2 is 1.80 bits per heavy atom. The standard InChI is InChI=1S/C22H26F3N3O2/c1-15-4-5-16(12-20(15)30-3)13-21(29)26-19-7-6-17(14-18(19)22(23,24)25)28-10-8-27(2)9-11-28/h4-7,12,14H,8-11,13H2,1-3H3,(H,26,29). The smallest absolute Gasteiger partial charge is 0.418 e. The Bertz CT molecular complexity index is 907.